The minimum Gasteiger partial charge on any atom is -0.291 e. The maximum absolute atomic E-state index is 11.8. The summed E-state index contributed by atoms with van der Waals surface area (Å²) in [6, 6.07) is 10.0. The number of carbonyl (C=O) groups excluding carboxylic acids is 1. The summed E-state index contributed by atoms with van der Waals surface area (Å²) in [7, 11) is 0. The summed E-state index contributed by atoms with van der Waals surface area (Å²) < 4.78 is 0. The van der Waals surface area contributed by atoms with Crippen LogP contribution in [0.5, 0.6) is 0 Å². The molecule has 0 aromatic heterocycles. The molecule has 0 bridgehead atoms. The normalized spacial score (nSPS) is 19.1. The van der Waals surface area contributed by atoms with Crippen LogP contribution in [0.1, 0.15) is 39.4 Å². The quantitative estimate of drug-likeness (QED) is 0.887. The highest BCUT2D eigenvalue weighted by molar-refractivity contribution is 5.75. The van der Waals surface area contributed by atoms with Gasteiger partial charge in [0.15, 0.2) is 0 Å². The number of nitrogens with one attached hydrogen (secondary N) is 1. The third kappa shape index (κ3) is 3.15. The number of benzene rings is 1. The van der Waals surface area contributed by atoms with Crippen LogP contribution in [0.25, 0.3) is 0 Å². The van der Waals surface area contributed by atoms with Crippen molar-refractivity contribution in [2.45, 2.75) is 39.4 Å². The summed E-state index contributed by atoms with van der Waals surface area (Å²) in [6.07, 6.45) is 3.60. The van der Waals surface area contributed by atoms with Crippen LogP contribution in [0.3, 0.4) is 0 Å². The first-order chi connectivity index (χ1) is 8.88. The van der Waals surface area contributed by atoms with E-state index in [-0.39, 0.29) is 17.6 Å². The SMILES string of the molecule is CC(=O)N1C=CN(NC(C)(C)C)C1c1ccccc1. The number of hydrazine groups is 1. The van der Waals surface area contributed by atoms with Crippen molar-refractivity contribution in [2.24, 2.45) is 0 Å². The molecule has 4 heteroatoms. The van der Waals surface area contributed by atoms with Crippen LogP contribution >= 0.6 is 0 Å². The zero-order valence-electron chi connectivity index (χ0n) is 11.9. The molecule has 2 rings (SSSR count). The Bertz CT molecular complexity index is 476. The molecule has 4 nitrogen and oxygen atoms in total. The third-order valence-electron chi connectivity index (χ3n) is 2.84. The Balaban J connectivity index is 2.29. The molecule has 0 aliphatic carbocycles. The Morgan fingerprint density at radius 1 is 1.16 bits per heavy atom. The van der Waals surface area contributed by atoms with Crippen LogP contribution < -0.4 is 5.43 Å². The molecule has 1 heterocycles. The predicted molar refractivity (Wildman–Crippen MR) is 75.6 cm³/mol. The summed E-state index contributed by atoms with van der Waals surface area (Å²) in [5.74, 6) is 0.0308. The van der Waals surface area contributed by atoms with Crippen LogP contribution in [0.15, 0.2) is 42.7 Å². The van der Waals surface area contributed by atoms with Crippen molar-refractivity contribution in [2.75, 3.05) is 0 Å². The molecule has 1 N–H and O–H groups in total. The lowest BCUT2D eigenvalue weighted by Crippen LogP contribution is -2.49. The van der Waals surface area contributed by atoms with E-state index in [0.717, 1.165) is 5.56 Å². The van der Waals surface area contributed by atoms with Gasteiger partial charge in [0.1, 0.15) is 6.17 Å². The number of nitrogens with zero attached hydrogens (tertiary/aromatic N) is 2. The molecule has 1 unspecified atom stereocenters. The van der Waals surface area contributed by atoms with Gasteiger partial charge in [-0.25, -0.2) is 5.43 Å². The van der Waals surface area contributed by atoms with E-state index in [0.29, 0.717) is 0 Å². The van der Waals surface area contributed by atoms with Gasteiger partial charge in [-0.15, -0.1) is 0 Å². The van der Waals surface area contributed by atoms with Gasteiger partial charge in [0.25, 0.3) is 0 Å². The van der Waals surface area contributed by atoms with Gasteiger partial charge in [-0.3, -0.25) is 14.7 Å². The Morgan fingerprint density at radius 3 is 2.32 bits per heavy atom. The molecule has 1 aromatic rings. The lowest BCUT2D eigenvalue weighted by Gasteiger charge is -2.36. The Kier molecular flexibility index (Phi) is 3.62. The Hall–Kier alpha value is -1.81. The van der Waals surface area contributed by atoms with Gasteiger partial charge in [-0.1, -0.05) is 30.3 Å². The molecule has 19 heavy (non-hydrogen) atoms. The molecule has 0 saturated carbocycles. The monoisotopic (exact) mass is 259 g/mol. The van der Waals surface area contributed by atoms with Crippen LogP contribution in [0, 0.1) is 0 Å². The van der Waals surface area contributed by atoms with Gasteiger partial charge in [0.2, 0.25) is 5.91 Å². The van der Waals surface area contributed by atoms with E-state index in [1.165, 1.54) is 0 Å². The van der Waals surface area contributed by atoms with Crippen LogP contribution in [-0.2, 0) is 4.79 Å². The van der Waals surface area contributed by atoms with Gasteiger partial charge < -0.3 is 0 Å². The molecule has 102 valence electrons. The van der Waals surface area contributed by atoms with E-state index >= 15 is 0 Å². The molecule has 0 radical (unpaired) electrons. The van der Waals surface area contributed by atoms with Crippen LogP contribution in [0.2, 0.25) is 0 Å². The number of rotatable bonds is 2. The van der Waals surface area contributed by atoms with Crippen molar-refractivity contribution in [3.8, 4) is 0 Å². The molecule has 1 amide bonds. The highest BCUT2D eigenvalue weighted by Crippen LogP contribution is 2.30. The molecule has 0 fully saturated rings. The third-order valence-corrected chi connectivity index (χ3v) is 2.84. The average molecular weight is 259 g/mol. The number of amides is 1. The van der Waals surface area contributed by atoms with Crippen molar-refractivity contribution in [1.82, 2.24) is 15.3 Å². The second-order valence-corrected chi connectivity index (χ2v) is 5.78. The summed E-state index contributed by atoms with van der Waals surface area (Å²) >= 11 is 0. The van der Waals surface area contributed by atoms with E-state index in [2.05, 4.69) is 26.2 Å². The second kappa shape index (κ2) is 5.05. The van der Waals surface area contributed by atoms with E-state index in [9.17, 15) is 4.79 Å². The number of hydrogen-bond donors (Lipinski definition) is 1. The molecule has 1 aromatic carbocycles. The first kappa shape index (κ1) is 13.6. The summed E-state index contributed by atoms with van der Waals surface area (Å²) in [6.45, 7) is 7.87. The topological polar surface area (TPSA) is 35.6 Å². The summed E-state index contributed by atoms with van der Waals surface area (Å²) in [5.41, 5.74) is 4.42. The van der Waals surface area contributed by atoms with E-state index in [1.54, 1.807) is 11.8 Å². The Morgan fingerprint density at radius 2 is 1.79 bits per heavy atom. The van der Waals surface area contributed by atoms with E-state index < -0.39 is 0 Å². The first-order valence-corrected chi connectivity index (χ1v) is 6.47. The van der Waals surface area contributed by atoms with Crippen molar-refractivity contribution >= 4 is 5.91 Å². The fraction of sp³-hybridized carbons (Fsp3) is 0.400. The summed E-state index contributed by atoms with van der Waals surface area (Å²) in [5, 5.41) is 1.98. The van der Waals surface area contributed by atoms with E-state index in [1.807, 2.05) is 47.7 Å². The molecule has 1 aliphatic heterocycles. The molecule has 1 atom stereocenters. The van der Waals surface area contributed by atoms with Gasteiger partial charge in [0.05, 0.1) is 0 Å². The standard InChI is InChI=1S/C15H21N3O/c1-12(19)17-10-11-18(16-15(2,3)4)14(17)13-8-6-5-7-9-13/h5-11,14,16H,1-4H3. The van der Waals surface area contributed by atoms with Crippen LogP contribution in [0.4, 0.5) is 0 Å². The molecular weight excluding hydrogens is 238 g/mol. The lowest BCUT2D eigenvalue weighted by molar-refractivity contribution is -0.130. The fourth-order valence-corrected chi connectivity index (χ4v) is 2.15. The minimum atomic E-state index is -0.127. The maximum atomic E-state index is 11.8. The molecule has 1 aliphatic rings. The smallest absolute Gasteiger partial charge is 0.225 e. The zero-order chi connectivity index (χ0) is 14.0. The van der Waals surface area contributed by atoms with Gasteiger partial charge in [-0.05, 0) is 26.3 Å². The summed E-state index contributed by atoms with van der Waals surface area (Å²) in [4.78, 5) is 13.5. The van der Waals surface area contributed by atoms with Crippen molar-refractivity contribution < 1.29 is 4.79 Å². The zero-order valence-corrected chi connectivity index (χ0v) is 11.9. The van der Waals surface area contributed by atoms with Gasteiger partial charge in [-0.2, -0.15) is 0 Å². The van der Waals surface area contributed by atoms with Crippen molar-refractivity contribution in [3.05, 3.63) is 48.3 Å². The lowest BCUT2D eigenvalue weighted by atomic mass is 10.1. The molecular formula is C15H21N3O. The highest BCUT2D eigenvalue weighted by atomic mass is 16.2. The fourth-order valence-electron chi connectivity index (χ4n) is 2.15. The minimum absolute atomic E-state index is 0.0308. The van der Waals surface area contributed by atoms with Gasteiger partial charge in [0, 0.05) is 24.9 Å². The maximum Gasteiger partial charge on any atom is 0.225 e. The van der Waals surface area contributed by atoms with Gasteiger partial charge >= 0.3 is 0 Å². The second-order valence-electron chi connectivity index (χ2n) is 5.78. The van der Waals surface area contributed by atoms with Crippen LogP contribution in [-0.4, -0.2) is 21.4 Å². The number of carbonyl (C=O) groups is 1. The van der Waals surface area contributed by atoms with E-state index in [4.69, 9.17) is 0 Å². The van der Waals surface area contributed by atoms with Crippen molar-refractivity contribution in [3.63, 3.8) is 0 Å². The predicted octanol–water partition coefficient (Wildman–Crippen LogP) is 2.62. The average Bonchev–Trinajstić information content (AvgIpc) is 2.71. The van der Waals surface area contributed by atoms with Crippen molar-refractivity contribution in [1.29, 1.82) is 0 Å². The number of hydrogen-bond acceptors (Lipinski definition) is 3. The molecule has 0 saturated heterocycles. The molecule has 0 spiro atoms. The first-order valence-electron chi connectivity index (χ1n) is 6.47. The Labute approximate surface area is 114 Å². The highest BCUT2D eigenvalue weighted by Gasteiger charge is 2.32. The largest absolute Gasteiger partial charge is 0.291 e.